The zero-order chi connectivity index (χ0) is 19.2. The van der Waals surface area contributed by atoms with Gasteiger partial charge in [-0.3, -0.25) is 10.4 Å². The number of rotatable bonds is 6. The summed E-state index contributed by atoms with van der Waals surface area (Å²) in [5.74, 6) is 0.167. The van der Waals surface area contributed by atoms with Gasteiger partial charge in [-0.15, -0.1) is 0 Å². The van der Waals surface area contributed by atoms with Crippen LogP contribution in [0, 0.1) is 11.6 Å². The maximum Gasteiger partial charge on any atom is 0.177 e. The molecule has 3 rings (SSSR count). The SMILES string of the molecule is COc1ccc(CCN=C2NN=C(c3ccc(F)c(F)c3)CS2)cc1OC. The Bertz CT molecular complexity index is 887. The van der Waals surface area contributed by atoms with Crippen LogP contribution in [0.4, 0.5) is 8.78 Å². The Hall–Kier alpha value is -2.61. The first-order valence-electron chi connectivity index (χ1n) is 8.27. The molecule has 0 fully saturated rings. The highest BCUT2D eigenvalue weighted by Gasteiger charge is 2.14. The first-order chi connectivity index (χ1) is 13.1. The first kappa shape index (κ1) is 19.2. The van der Waals surface area contributed by atoms with Gasteiger partial charge in [0.05, 0.1) is 19.9 Å². The lowest BCUT2D eigenvalue weighted by Gasteiger charge is -2.15. The number of hydrazone groups is 1. The molecule has 1 aliphatic heterocycles. The normalized spacial score (nSPS) is 15.3. The number of benzene rings is 2. The lowest BCUT2D eigenvalue weighted by Crippen LogP contribution is -2.25. The van der Waals surface area contributed by atoms with Crippen LogP contribution in [-0.4, -0.2) is 37.4 Å². The van der Waals surface area contributed by atoms with E-state index in [9.17, 15) is 8.78 Å². The molecule has 0 aliphatic carbocycles. The summed E-state index contributed by atoms with van der Waals surface area (Å²) in [6.45, 7) is 0.584. The van der Waals surface area contributed by atoms with Gasteiger partial charge in [0.1, 0.15) is 0 Å². The van der Waals surface area contributed by atoms with Crippen molar-refractivity contribution < 1.29 is 18.3 Å². The van der Waals surface area contributed by atoms with Crippen LogP contribution in [0.25, 0.3) is 0 Å². The summed E-state index contributed by atoms with van der Waals surface area (Å²) in [5, 5.41) is 4.91. The van der Waals surface area contributed by atoms with Crippen molar-refractivity contribution in [2.75, 3.05) is 26.5 Å². The number of hydrogen-bond acceptors (Lipinski definition) is 5. The number of aliphatic imine (C=N–C) groups is 1. The second-order valence-corrected chi connectivity index (χ2v) is 6.68. The molecule has 142 valence electrons. The van der Waals surface area contributed by atoms with E-state index in [0.29, 0.717) is 40.2 Å². The minimum atomic E-state index is -0.880. The fourth-order valence-corrected chi connectivity index (χ4v) is 3.34. The van der Waals surface area contributed by atoms with Gasteiger partial charge < -0.3 is 9.47 Å². The Morgan fingerprint density at radius 2 is 1.89 bits per heavy atom. The lowest BCUT2D eigenvalue weighted by atomic mass is 10.1. The van der Waals surface area contributed by atoms with Gasteiger partial charge in [-0.05, 0) is 42.3 Å². The van der Waals surface area contributed by atoms with Gasteiger partial charge in [0.2, 0.25) is 0 Å². The van der Waals surface area contributed by atoms with Crippen LogP contribution in [0.1, 0.15) is 11.1 Å². The predicted molar refractivity (Wildman–Crippen MR) is 104 cm³/mol. The number of thioether (sulfide) groups is 1. The van der Waals surface area contributed by atoms with Gasteiger partial charge in [-0.2, -0.15) is 5.10 Å². The van der Waals surface area contributed by atoms with Crippen molar-refractivity contribution in [1.82, 2.24) is 5.43 Å². The molecule has 0 atom stereocenters. The molecule has 1 heterocycles. The summed E-state index contributed by atoms with van der Waals surface area (Å²) in [4.78, 5) is 4.49. The quantitative estimate of drug-likeness (QED) is 0.817. The molecule has 0 aromatic heterocycles. The van der Waals surface area contributed by atoms with Crippen LogP contribution >= 0.6 is 11.8 Å². The first-order valence-corrected chi connectivity index (χ1v) is 9.25. The maximum atomic E-state index is 13.3. The highest BCUT2D eigenvalue weighted by atomic mass is 32.2. The van der Waals surface area contributed by atoms with E-state index in [1.165, 1.54) is 17.8 Å². The average molecular weight is 391 g/mol. The fourth-order valence-electron chi connectivity index (χ4n) is 2.54. The number of halogens is 2. The summed E-state index contributed by atoms with van der Waals surface area (Å²) in [7, 11) is 3.21. The summed E-state index contributed by atoms with van der Waals surface area (Å²) >= 11 is 1.47. The van der Waals surface area contributed by atoms with E-state index in [-0.39, 0.29) is 0 Å². The van der Waals surface area contributed by atoms with Crippen molar-refractivity contribution in [1.29, 1.82) is 0 Å². The molecule has 2 aromatic carbocycles. The van der Waals surface area contributed by atoms with E-state index in [1.807, 2.05) is 18.2 Å². The maximum absolute atomic E-state index is 13.3. The van der Waals surface area contributed by atoms with Gasteiger partial charge in [0, 0.05) is 17.9 Å². The van der Waals surface area contributed by atoms with Crippen LogP contribution < -0.4 is 14.9 Å². The molecular formula is C19H19F2N3O2S. The Morgan fingerprint density at radius 1 is 1.07 bits per heavy atom. The summed E-state index contributed by atoms with van der Waals surface area (Å²) < 4.78 is 36.9. The fraction of sp³-hybridized carbons (Fsp3) is 0.263. The van der Waals surface area contributed by atoms with Crippen LogP contribution in [0.15, 0.2) is 46.5 Å². The molecular weight excluding hydrogens is 372 g/mol. The average Bonchev–Trinajstić information content (AvgIpc) is 2.70. The van der Waals surface area contributed by atoms with Crippen LogP contribution in [0.2, 0.25) is 0 Å². The monoisotopic (exact) mass is 391 g/mol. The van der Waals surface area contributed by atoms with Crippen LogP contribution in [0.3, 0.4) is 0 Å². The highest BCUT2D eigenvalue weighted by Crippen LogP contribution is 2.27. The zero-order valence-electron chi connectivity index (χ0n) is 15.0. The van der Waals surface area contributed by atoms with Gasteiger partial charge in [0.25, 0.3) is 0 Å². The molecule has 2 aromatic rings. The van der Waals surface area contributed by atoms with E-state index >= 15 is 0 Å². The highest BCUT2D eigenvalue weighted by molar-refractivity contribution is 8.14. The van der Waals surface area contributed by atoms with E-state index in [1.54, 1.807) is 14.2 Å². The van der Waals surface area contributed by atoms with Crippen molar-refractivity contribution in [2.45, 2.75) is 6.42 Å². The Morgan fingerprint density at radius 3 is 2.56 bits per heavy atom. The molecule has 0 amide bonds. The molecule has 0 saturated carbocycles. The molecule has 27 heavy (non-hydrogen) atoms. The molecule has 0 radical (unpaired) electrons. The van der Waals surface area contributed by atoms with Crippen LogP contribution in [0.5, 0.6) is 11.5 Å². The lowest BCUT2D eigenvalue weighted by molar-refractivity contribution is 0.354. The van der Waals surface area contributed by atoms with Crippen molar-refractivity contribution in [3.8, 4) is 11.5 Å². The molecule has 0 spiro atoms. The standard InChI is InChI=1S/C19H19F2N3O2S/c1-25-17-6-3-12(9-18(17)26-2)7-8-22-19-24-23-16(11-27-19)13-4-5-14(20)15(21)10-13/h3-6,9-10H,7-8,11H2,1-2H3,(H,22,24). The Labute approximate surface area is 160 Å². The van der Waals surface area contributed by atoms with Crippen molar-refractivity contribution in [3.63, 3.8) is 0 Å². The van der Waals surface area contributed by atoms with Gasteiger partial charge in [-0.25, -0.2) is 8.78 Å². The molecule has 5 nitrogen and oxygen atoms in total. The van der Waals surface area contributed by atoms with Gasteiger partial charge in [-0.1, -0.05) is 17.8 Å². The van der Waals surface area contributed by atoms with E-state index < -0.39 is 11.6 Å². The van der Waals surface area contributed by atoms with Crippen LogP contribution in [-0.2, 0) is 6.42 Å². The third-order valence-corrected chi connectivity index (χ3v) is 4.90. The zero-order valence-corrected chi connectivity index (χ0v) is 15.8. The molecule has 0 bridgehead atoms. The number of nitrogens with zero attached hydrogens (tertiary/aromatic N) is 2. The van der Waals surface area contributed by atoms with E-state index in [2.05, 4.69) is 15.5 Å². The Kier molecular flexibility index (Phi) is 6.28. The summed E-state index contributed by atoms with van der Waals surface area (Å²) in [6, 6.07) is 9.54. The van der Waals surface area contributed by atoms with E-state index in [0.717, 1.165) is 24.1 Å². The number of methoxy groups -OCH3 is 2. The van der Waals surface area contributed by atoms with Crippen molar-refractivity contribution in [2.24, 2.45) is 10.1 Å². The molecule has 0 saturated heterocycles. The molecule has 8 heteroatoms. The number of ether oxygens (including phenoxy) is 2. The second kappa shape index (κ2) is 8.85. The molecule has 1 aliphatic rings. The van der Waals surface area contributed by atoms with E-state index in [4.69, 9.17) is 9.47 Å². The summed E-state index contributed by atoms with van der Waals surface area (Å²) in [5.41, 5.74) is 5.16. The molecule has 1 N–H and O–H groups in total. The van der Waals surface area contributed by atoms with Gasteiger partial charge in [0.15, 0.2) is 28.3 Å². The smallest absolute Gasteiger partial charge is 0.177 e. The predicted octanol–water partition coefficient (Wildman–Crippen LogP) is 3.62. The second-order valence-electron chi connectivity index (χ2n) is 5.71. The third kappa shape index (κ3) is 4.77. The van der Waals surface area contributed by atoms with Crippen molar-refractivity contribution in [3.05, 3.63) is 59.2 Å². The number of nitrogens with one attached hydrogen (secondary N) is 1. The number of hydrogen-bond donors (Lipinski definition) is 1. The Balaban J connectivity index is 1.58. The number of amidine groups is 1. The third-order valence-electron chi connectivity index (χ3n) is 3.99. The minimum Gasteiger partial charge on any atom is -0.493 e. The topological polar surface area (TPSA) is 55.2 Å². The summed E-state index contributed by atoms with van der Waals surface area (Å²) in [6.07, 6.45) is 0.742. The molecule has 0 unspecified atom stereocenters. The minimum absolute atomic E-state index is 0.535. The van der Waals surface area contributed by atoms with Crippen molar-refractivity contribution >= 4 is 22.6 Å². The largest absolute Gasteiger partial charge is 0.493 e. The van der Waals surface area contributed by atoms with Gasteiger partial charge >= 0.3 is 0 Å².